The Morgan fingerprint density at radius 3 is 2.00 bits per heavy atom. The van der Waals surface area contributed by atoms with Gasteiger partial charge in [0.05, 0.1) is 15.5 Å². The highest BCUT2D eigenvalue weighted by molar-refractivity contribution is 7.91. The summed E-state index contributed by atoms with van der Waals surface area (Å²) in [6.07, 6.45) is 2.01. The van der Waals surface area contributed by atoms with Crippen LogP contribution in [-0.2, 0) is 29.1 Å². The van der Waals surface area contributed by atoms with E-state index in [1.807, 2.05) is 31.1 Å². The van der Waals surface area contributed by atoms with Crippen molar-refractivity contribution in [3.05, 3.63) is 88.5 Å². The molecule has 0 aliphatic carbocycles. The lowest BCUT2D eigenvalue weighted by molar-refractivity contribution is 0.352. The number of hydrogen-bond acceptors (Lipinski definition) is 4. The Hall–Kier alpha value is -2.77. The van der Waals surface area contributed by atoms with Crippen molar-refractivity contribution < 1.29 is 17.2 Å². The molecule has 4 rings (SSSR count). The standard InChI is InChI=1S/C26H28F2N2O2S/c1-29(2)25-15-20-8-10-30(3)11-9-21(20)16-26(25)33(31,32)24-6-4-18(5-7-24)12-19-13-22(27)17-23(28)14-19/h4-7,13-17H,8-12H2,1-3H3. The Bertz CT molecular complexity index is 1250. The van der Waals surface area contributed by atoms with E-state index in [4.69, 9.17) is 0 Å². The van der Waals surface area contributed by atoms with Crippen molar-refractivity contribution >= 4 is 15.5 Å². The highest BCUT2D eigenvalue weighted by Gasteiger charge is 2.25. The number of hydrogen-bond donors (Lipinski definition) is 0. The molecule has 1 aliphatic heterocycles. The number of sulfone groups is 1. The zero-order valence-electron chi connectivity index (χ0n) is 19.1. The van der Waals surface area contributed by atoms with E-state index < -0.39 is 21.5 Å². The molecule has 0 saturated heterocycles. The summed E-state index contributed by atoms with van der Waals surface area (Å²) in [6.45, 7) is 1.84. The number of likely N-dealkylation sites (N-methyl/N-ethyl adjacent to an activating group) is 1. The Morgan fingerprint density at radius 1 is 0.848 bits per heavy atom. The fourth-order valence-electron chi connectivity index (χ4n) is 4.28. The lowest BCUT2D eigenvalue weighted by Crippen LogP contribution is -2.20. The van der Waals surface area contributed by atoms with Crippen molar-refractivity contribution in [2.24, 2.45) is 0 Å². The molecule has 0 unspecified atom stereocenters. The van der Waals surface area contributed by atoms with Gasteiger partial charge in [-0.3, -0.25) is 0 Å². The number of fused-ring (bicyclic) bond motifs is 1. The Morgan fingerprint density at radius 2 is 1.42 bits per heavy atom. The Balaban J connectivity index is 1.68. The van der Waals surface area contributed by atoms with Crippen molar-refractivity contribution in [3.63, 3.8) is 0 Å². The van der Waals surface area contributed by atoms with Gasteiger partial charge < -0.3 is 9.80 Å². The number of rotatable bonds is 5. The van der Waals surface area contributed by atoms with Crippen molar-refractivity contribution in [3.8, 4) is 0 Å². The van der Waals surface area contributed by atoms with Gasteiger partial charge in [0.1, 0.15) is 11.6 Å². The average Bonchev–Trinajstić information content (AvgIpc) is 2.93. The topological polar surface area (TPSA) is 40.6 Å². The molecule has 0 saturated carbocycles. The molecule has 174 valence electrons. The van der Waals surface area contributed by atoms with Crippen LogP contribution in [0.25, 0.3) is 0 Å². The molecule has 1 heterocycles. The monoisotopic (exact) mass is 470 g/mol. The maximum atomic E-state index is 13.6. The van der Waals surface area contributed by atoms with Gasteiger partial charge in [0, 0.05) is 33.3 Å². The second-order valence-corrected chi connectivity index (χ2v) is 10.8. The van der Waals surface area contributed by atoms with E-state index in [0.717, 1.165) is 43.1 Å². The average molecular weight is 471 g/mol. The normalized spacial score (nSPS) is 14.6. The van der Waals surface area contributed by atoms with Crippen LogP contribution in [0, 0.1) is 11.6 Å². The summed E-state index contributed by atoms with van der Waals surface area (Å²) in [4.78, 5) is 4.60. The Kier molecular flexibility index (Phi) is 6.54. The highest BCUT2D eigenvalue weighted by Crippen LogP contribution is 2.34. The van der Waals surface area contributed by atoms with Gasteiger partial charge in [0.15, 0.2) is 0 Å². The predicted octanol–water partition coefficient (Wildman–Crippen LogP) is 4.48. The van der Waals surface area contributed by atoms with Gasteiger partial charge in [-0.05, 0) is 85.0 Å². The van der Waals surface area contributed by atoms with Gasteiger partial charge in [-0.2, -0.15) is 0 Å². The number of anilines is 1. The maximum Gasteiger partial charge on any atom is 0.208 e. The lowest BCUT2D eigenvalue weighted by atomic mass is 10.0. The van der Waals surface area contributed by atoms with Crippen LogP contribution in [0.5, 0.6) is 0 Å². The van der Waals surface area contributed by atoms with Crippen molar-refractivity contribution in [2.45, 2.75) is 29.1 Å². The van der Waals surface area contributed by atoms with Crippen LogP contribution >= 0.6 is 0 Å². The second kappa shape index (κ2) is 9.23. The van der Waals surface area contributed by atoms with Crippen LogP contribution < -0.4 is 4.90 Å². The largest absolute Gasteiger partial charge is 0.377 e. The molecular formula is C26H28F2N2O2S. The third kappa shape index (κ3) is 5.09. The SMILES string of the molecule is CN1CCc2cc(N(C)C)c(S(=O)(=O)c3ccc(Cc4cc(F)cc(F)c4)cc3)cc2CC1. The van der Waals surface area contributed by atoms with Gasteiger partial charge in [0.2, 0.25) is 9.84 Å². The third-order valence-electron chi connectivity index (χ3n) is 6.14. The third-order valence-corrected chi connectivity index (χ3v) is 7.94. The van der Waals surface area contributed by atoms with E-state index in [0.29, 0.717) is 22.6 Å². The molecule has 3 aromatic carbocycles. The number of halogens is 2. The molecule has 0 N–H and O–H groups in total. The molecule has 0 bridgehead atoms. The van der Waals surface area contributed by atoms with Gasteiger partial charge >= 0.3 is 0 Å². The fraction of sp³-hybridized carbons (Fsp3) is 0.308. The molecule has 4 nitrogen and oxygen atoms in total. The minimum Gasteiger partial charge on any atom is -0.377 e. The summed E-state index contributed by atoms with van der Waals surface area (Å²) in [5.41, 5.74) is 4.22. The van der Waals surface area contributed by atoms with Crippen LogP contribution in [0.1, 0.15) is 22.3 Å². The van der Waals surface area contributed by atoms with Crippen molar-refractivity contribution in [1.82, 2.24) is 4.90 Å². The first-order chi connectivity index (χ1) is 15.6. The molecule has 0 aromatic heterocycles. The van der Waals surface area contributed by atoms with Gasteiger partial charge in [-0.15, -0.1) is 0 Å². The molecule has 1 aliphatic rings. The predicted molar refractivity (Wildman–Crippen MR) is 127 cm³/mol. The molecular weight excluding hydrogens is 442 g/mol. The lowest BCUT2D eigenvalue weighted by Gasteiger charge is -2.21. The fourth-order valence-corrected chi connectivity index (χ4v) is 5.84. The van der Waals surface area contributed by atoms with E-state index in [1.54, 1.807) is 24.3 Å². The van der Waals surface area contributed by atoms with Crippen molar-refractivity contribution in [2.75, 3.05) is 39.1 Å². The zero-order chi connectivity index (χ0) is 23.8. The van der Waals surface area contributed by atoms with E-state index in [2.05, 4.69) is 11.9 Å². The molecule has 0 amide bonds. The second-order valence-electron chi connectivity index (χ2n) is 8.89. The smallest absolute Gasteiger partial charge is 0.208 e. The zero-order valence-corrected chi connectivity index (χ0v) is 19.9. The summed E-state index contributed by atoms with van der Waals surface area (Å²) in [7, 11) is 2.03. The summed E-state index contributed by atoms with van der Waals surface area (Å²) in [5, 5.41) is 0. The molecule has 0 radical (unpaired) electrons. The molecule has 0 fully saturated rings. The van der Waals surface area contributed by atoms with Crippen LogP contribution in [0.3, 0.4) is 0 Å². The molecule has 7 heteroatoms. The molecule has 3 aromatic rings. The first kappa shape index (κ1) is 23.4. The summed E-state index contributed by atoms with van der Waals surface area (Å²) >= 11 is 0. The van der Waals surface area contributed by atoms with E-state index in [1.165, 1.54) is 17.7 Å². The molecule has 0 spiro atoms. The maximum absolute atomic E-state index is 13.6. The molecule has 0 atom stereocenters. The van der Waals surface area contributed by atoms with E-state index in [-0.39, 0.29) is 4.90 Å². The summed E-state index contributed by atoms with van der Waals surface area (Å²) in [6, 6.07) is 13.8. The molecule has 33 heavy (non-hydrogen) atoms. The van der Waals surface area contributed by atoms with Crippen molar-refractivity contribution in [1.29, 1.82) is 0 Å². The number of benzene rings is 3. The van der Waals surface area contributed by atoms with E-state index in [9.17, 15) is 17.2 Å². The van der Waals surface area contributed by atoms with Gasteiger partial charge in [-0.1, -0.05) is 12.1 Å². The first-order valence-corrected chi connectivity index (χ1v) is 12.4. The quantitative estimate of drug-likeness (QED) is 0.551. The van der Waals surface area contributed by atoms with Crippen LogP contribution in [0.2, 0.25) is 0 Å². The highest BCUT2D eigenvalue weighted by atomic mass is 32.2. The number of nitrogens with zero attached hydrogens (tertiary/aromatic N) is 2. The Labute approximate surface area is 194 Å². The summed E-state index contributed by atoms with van der Waals surface area (Å²) < 4.78 is 54.2. The van der Waals surface area contributed by atoms with Crippen LogP contribution in [-0.4, -0.2) is 47.6 Å². The first-order valence-electron chi connectivity index (χ1n) is 10.9. The van der Waals surface area contributed by atoms with E-state index >= 15 is 0 Å². The minimum absolute atomic E-state index is 0.200. The van der Waals surface area contributed by atoms with Crippen LogP contribution in [0.4, 0.5) is 14.5 Å². The van der Waals surface area contributed by atoms with Crippen LogP contribution in [0.15, 0.2) is 64.4 Å². The summed E-state index contributed by atoms with van der Waals surface area (Å²) in [5.74, 6) is -1.26. The van der Waals surface area contributed by atoms with Gasteiger partial charge in [-0.25, -0.2) is 17.2 Å². The van der Waals surface area contributed by atoms with Gasteiger partial charge in [0.25, 0.3) is 0 Å². The minimum atomic E-state index is -3.75.